The molecule has 3 aliphatic rings. The summed E-state index contributed by atoms with van der Waals surface area (Å²) in [5.74, 6) is 2.49. The summed E-state index contributed by atoms with van der Waals surface area (Å²) in [6.07, 6.45) is 8.01. The lowest BCUT2D eigenvalue weighted by Gasteiger charge is -2.43. The van der Waals surface area contributed by atoms with Crippen molar-refractivity contribution in [2.24, 2.45) is 0 Å². The largest absolute Gasteiger partial charge is 0.327 e. The zero-order valence-corrected chi connectivity index (χ0v) is 17.5. The van der Waals surface area contributed by atoms with Gasteiger partial charge >= 0.3 is 6.03 Å². The highest BCUT2D eigenvalue weighted by atomic mass is 32.2. The number of pyridine rings is 1. The Morgan fingerprint density at radius 2 is 2.11 bits per heavy atom. The van der Waals surface area contributed by atoms with Crippen molar-refractivity contribution < 1.29 is 9.59 Å². The van der Waals surface area contributed by atoms with Gasteiger partial charge in [-0.1, -0.05) is 6.07 Å². The van der Waals surface area contributed by atoms with E-state index in [-0.39, 0.29) is 11.9 Å². The number of carbonyl (C=O) groups is 2. The molecule has 0 N–H and O–H groups in total. The normalized spacial score (nSPS) is 25.2. The van der Waals surface area contributed by atoms with Gasteiger partial charge in [-0.25, -0.2) is 4.79 Å². The first kappa shape index (κ1) is 19.7. The van der Waals surface area contributed by atoms with Gasteiger partial charge in [0.1, 0.15) is 5.54 Å². The monoisotopic (exact) mass is 402 g/mol. The van der Waals surface area contributed by atoms with E-state index in [0.29, 0.717) is 19.1 Å². The second-order valence-electron chi connectivity index (χ2n) is 8.03. The van der Waals surface area contributed by atoms with E-state index in [1.165, 1.54) is 22.8 Å². The number of likely N-dealkylation sites (N-methyl/N-ethyl adjacent to an activating group) is 1. The van der Waals surface area contributed by atoms with E-state index in [1.54, 1.807) is 6.20 Å². The average molecular weight is 403 g/mol. The lowest BCUT2D eigenvalue weighted by atomic mass is 9.85. The van der Waals surface area contributed by atoms with Gasteiger partial charge in [0.25, 0.3) is 5.91 Å². The summed E-state index contributed by atoms with van der Waals surface area (Å²) in [4.78, 5) is 36.4. The molecule has 152 valence electrons. The molecular weight excluding hydrogens is 372 g/mol. The van der Waals surface area contributed by atoms with Crippen molar-refractivity contribution in [3.8, 4) is 0 Å². The van der Waals surface area contributed by atoms with Crippen molar-refractivity contribution in [2.75, 3.05) is 37.7 Å². The van der Waals surface area contributed by atoms with Crippen LogP contribution in [-0.2, 0) is 11.2 Å². The molecule has 0 unspecified atom stereocenters. The van der Waals surface area contributed by atoms with Crippen LogP contribution in [0.25, 0.3) is 0 Å². The summed E-state index contributed by atoms with van der Waals surface area (Å²) in [6, 6.07) is 4.52. The van der Waals surface area contributed by atoms with Crippen LogP contribution in [0.2, 0.25) is 0 Å². The van der Waals surface area contributed by atoms with Gasteiger partial charge in [0.2, 0.25) is 0 Å². The molecule has 1 aromatic heterocycles. The molecule has 1 aromatic rings. The Balaban J connectivity index is 1.40. The third kappa shape index (κ3) is 3.54. The number of urea groups is 1. The first-order chi connectivity index (χ1) is 13.7. The van der Waals surface area contributed by atoms with Gasteiger partial charge in [-0.15, -0.1) is 0 Å². The van der Waals surface area contributed by atoms with E-state index in [4.69, 9.17) is 0 Å². The van der Waals surface area contributed by atoms with Crippen molar-refractivity contribution in [2.45, 2.75) is 50.6 Å². The van der Waals surface area contributed by atoms with E-state index in [1.807, 2.05) is 41.9 Å². The van der Waals surface area contributed by atoms with Crippen molar-refractivity contribution >= 4 is 23.7 Å². The van der Waals surface area contributed by atoms with Gasteiger partial charge in [-0.3, -0.25) is 19.6 Å². The lowest BCUT2D eigenvalue weighted by molar-refractivity contribution is -0.135. The Morgan fingerprint density at radius 1 is 1.29 bits per heavy atom. The van der Waals surface area contributed by atoms with E-state index in [9.17, 15) is 9.59 Å². The minimum absolute atomic E-state index is 0.0333. The number of aromatic nitrogens is 1. The molecule has 0 bridgehead atoms. The Hall–Kier alpha value is -1.60. The molecule has 1 spiro atoms. The maximum Gasteiger partial charge on any atom is 0.327 e. The number of aryl methyl sites for hydroxylation is 1. The summed E-state index contributed by atoms with van der Waals surface area (Å²) in [7, 11) is 0. The van der Waals surface area contributed by atoms with Crippen LogP contribution in [0.5, 0.6) is 0 Å². The minimum Gasteiger partial charge on any atom is -0.310 e. The van der Waals surface area contributed by atoms with E-state index in [2.05, 4.69) is 9.88 Å². The van der Waals surface area contributed by atoms with E-state index in [0.717, 1.165) is 44.3 Å². The van der Waals surface area contributed by atoms with Gasteiger partial charge < -0.3 is 4.90 Å². The summed E-state index contributed by atoms with van der Waals surface area (Å²) >= 11 is 2.03. The number of rotatable bonds is 6. The topological polar surface area (TPSA) is 56.8 Å². The smallest absolute Gasteiger partial charge is 0.310 e. The van der Waals surface area contributed by atoms with Gasteiger partial charge in [-0.05, 0) is 56.4 Å². The van der Waals surface area contributed by atoms with E-state index >= 15 is 0 Å². The zero-order chi connectivity index (χ0) is 19.6. The van der Waals surface area contributed by atoms with Gasteiger partial charge in [0, 0.05) is 50.4 Å². The van der Waals surface area contributed by atoms with Crippen molar-refractivity contribution in [1.82, 2.24) is 19.7 Å². The number of hydrogen-bond donors (Lipinski definition) is 0. The fraction of sp³-hybridized carbons (Fsp3) is 0.667. The van der Waals surface area contributed by atoms with E-state index < -0.39 is 5.54 Å². The average Bonchev–Trinajstić information content (AvgIpc) is 3.32. The van der Waals surface area contributed by atoms with Crippen LogP contribution in [-0.4, -0.2) is 80.9 Å². The van der Waals surface area contributed by atoms with Crippen LogP contribution >= 0.6 is 11.8 Å². The maximum absolute atomic E-state index is 13.4. The predicted molar refractivity (Wildman–Crippen MR) is 111 cm³/mol. The predicted octanol–water partition coefficient (Wildman–Crippen LogP) is 2.64. The fourth-order valence-corrected chi connectivity index (χ4v) is 6.21. The van der Waals surface area contributed by atoms with Crippen LogP contribution in [0, 0.1) is 0 Å². The number of likely N-dealkylation sites (tertiary alicyclic amines) is 1. The number of carbonyl (C=O) groups excluding carboxylic acids is 2. The highest BCUT2D eigenvalue weighted by Gasteiger charge is 2.57. The zero-order valence-electron chi connectivity index (χ0n) is 16.7. The molecule has 3 aliphatic heterocycles. The molecule has 0 saturated carbocycles. The third-order valence-electron chi connectivity index (χ3n) is 6.56. The van der Waals surface area contributed by atoms with Crippen LogP contribution in [0.3, 0.4) is 0 Å². The van der Waals surface area contributed by atoms with Crippen LogP contribution < -0.4 is 0 Å². The molecule has 4 rings (SSSR count). The SMILES string of the molecule is CCN1C(=O)N(CCCc2cccnc2)C(=O)C12CCN([C@@H]1CCSC1)CC2. The van der Waals surface area contributed by atoms with Crippen molar-refractivity contribution in [3.63, 3.8) is 0 Å². The Kier molecular flexibility index (Phi) is 5.92. The lowest BCUT2D eigenvalue weighted by Crippen LogP contribution is -2.58. The quantitative estimate of drug-likeness (QED) is 0.685. The number of hydrogen-bond acceptors (Lipinski definition) is 5. The summed E-state index contributed by atoms with van der Waals surface area (Å²) in [5, 5.41) is 0. The van der Waals surface area contributed by atoms with Crippen molar-refractivity contribution in [3.05, 3.63) is 30.1 Å². The molecule has 0 aliphatic carbocycles. The number of thioether (sulfide) groups is 1. The molecule has 4 heterocycles. The maximum atomic E-state index is 13.4. The second kappa shape index (κ2) is 8.41. The Labute approximate surface area is 171 Å². The molecule has 28 heavy (non-hydrogen) atoms. The number of imide groups is 1. The van der Waals surface area contributed by atoms with Gasteiger partial charge in [0.15, 0.2) is 0 Å². The van der Waals surface area contributed by atoms with Gasteiger partial charge in [0.05, 0.1) is 0 Å². The van der Waals surface area contributed by atoms with Crippen molar-refractivity contribution in [1.29, 1.82) is 0 Å². The summed E-state index contributed by atoms with van der Waals surface area (Å²) in [6.45, 7) is 4.93. The molecule has 3 amide bonds. The third-order valence-corrected chi connectivity index (χ3v) is 7.70. The first-order valence-electron chi connectivity index (χ1n) is 10.5. The second-order valence-corrected chi connectivity index (χ2v) is 9.18. The van der Waals surface area contributed by atoms with Crippen LogP contribution in [0.1, 0.15) is 38.2 Å². The first-order valence-corrected chi connectivity index (χ1v) is 11.7. The number of piperidine rings is 1. The van der Waals surface area contributed by atoms with Gasteiger partial charge in [-0.2, -0.15) is 11.8 Å². The molecule has 0 radical (unpaired) electrons. The molecule has 3 saturated heterocycles. The Morgan fingerprint density at radius 3 is 2.75 bits per heavy atom. The molecule has 3 fully saturated rings. The molecule has 0 aromatic carbocycles. The molecule has 1 atom stereocenters. The Bertz CT molecular complexity index is 700. The minimum atomic E-state index is -0.609. The molecule has 6 nitrogen and oxygen atoms in total. The highest BCUT2D eigenvalue weighted by molar-refractivity contribution is 7.99. The number of nitrogens with zero attached hydrogens (tertiary/aromatic N) is 4. The highest BCUT2D eigenvalue weighted by Crippen LogP contribution is 2.38. The fourth-order valence-electron chi connectivity index (χ4n) is 4.96. The van der Waals surface area contributed by atoms with Crippen LogP contribution in [0.15, 0.2) is 24.5 Å². The standard InChI is InChI=1S/C21H30N4O2S/c1-2-25-20(27)24(11-4-6-17-5-3-10-22-15-17)19(26)21(25)8-12-23(13-9-21)18-7-14-28-16-18/h3,5,10,15,18H,2,4,6-9,11-14,16H2,1H3/t18-/m1/s1. The molecular formula is C21H30N4O2S. The summed E-state index contributed by atoms with van der Waals surface area (Å²) < 4.78 is 0. The molecule has 7 heteroatoms. The number of amides is 3. The summed E-state index contributed by atoms with van der Waals surface area (Å²) in [5.41, 5.74) is 0.536. The van der Waals surface area contributed by atoms with Crippen LogP contribution in [0.4, 0.5) is 4.79 Å².